The highest BCUT2D eigenvalue weighted by atomic mass is 16.5. The van der Waals surface area contributed by atoms with Gasteiger partial charge in [-0.05, 0) is 38.5 Å². The number of esters is 1. The molecular weight excluding hydrogens is 256 g/mol. The van der Waals surface area contributed by atoms with Crippen molar-refractivity contribution in [2.24, 2.45) is 17.6 Å². The van der Waals surface area contributed by atoms with E-state index in [1.807, 2.05) is 20.8 Å². The van der Waals surface area contributed by atoms with Crippen LogP contribution in [0.1, 0.15) is 52.9 Å². The zero-order chi connectivity index (χ0) is 15.1. The lowest BCUT2D eigenvalue weighted by Gasteiger charge is -2.29. The molecule has 1 aliphatic rings. The smallest absolute Gasteiger partial charge is 0.308 e. The number of nitrogens with two attached hydrogens (primary N) is 1. The van der Waals surface area contributed by atoms with E-state index in [-0.39, 0.29) is 29.8 Å². The third-order valence-corrected chi connectivity index (χ3v) is 4.25. The number of carbonyl (C=O) groups excluding carboxylic acids is 2. The highest BCUT2D eigenvalue weighted by Gasteiger charge is 2.29. The molecule has 5 nitrogen and oxygen atoms in total. The molecule has 1 aliphatic carbocycles. The summed E-state index contributed by atoms with van der Waals surface area (Å²) in [5.74, 6) is 0.00438. The Morgan fingerprint density at radius 1 is 1.25 bits per heavy atom. The van der Waals surface area contributed by atoms with Crippen molar-refractivity contribution in [1.82, 2.24) is 5.32 Å². The number of hydrogen-bond acceptors (Lipinski definition) is 4. The van der Waals surface area contributed by atoms with E-state index in [4.69, 9.17) is 10.5 Å². The van der Waals surface area contributed by atoms with Gasteiger partial charge >= 0.3 is 5.97 Å². The van der Waals surface area contributed by atoms with Crippen molar-refractivity contribution in [2.45, 2.75) is 65.0 Å². The average molecular weight is 284 g/mol. The van der Waals surface area contributed by atoms with Crippen LogP contribution in [0.5, 0.6) is 0 Å². The van der Waals surface area contributed by atoms with Crippen molar-refractivity contribution < 1.29 is 14.3 Å². The second kappa shape index (κ2) is 8.25. The van der Waals surface area contributed by atoms with Gasteiger partial charge in [0.2, 0.25) is 5.91 Å². The summed E-state index contributed by atoms with van der Waals surface area (Å²) in [6, 6.07) is -0.300. The number of rotatable bonds is 6. The molecule has 0 saturated heterocycles. The van der Waals surface area contributed by atoms with Gasteiger partial charge in [0.05, 0.1) is 18.6 Å². The average Bonchev–Trinajstić information content (AvgIpc) is 2.46. The fourth-order valence-electron chi connectivity index (χ4n) is 2.54. The Morgan fingerprint density at radius 3 is 2.35 bits per heavy atom. The minimum Gasteiger partial charge on any atom is -0.466 e. The standard InChI is InChI=1S/C15H28N2O3/c1-4-10(3)13(16)14(18)17-12-8-6-11(7-9-12)15(19)20-5-2/h10-13H,4-9,16H2,1-3H3,(H,17,18)/t10?,11?,12?,13-/m0/s1. The van der Waals surface area contributed by atoms with Gasteiger partial charge < -0.3 is 15.8 Å². The maximum absolute atomic E-state index is 12.0. The van der Waals surface area contributed by atoms with Crippen molar-refractivity contribution in [3.8, 4) is 0 Å². The zero-order valence-corrected chi connectivity index (χ0v) is 12.9. The number of hydrogen-bond donors (Lipinski definition) is 2. The molecule has 0 radical (unpaired) electrons. The molecule has 0 aromatic carbocycles. The SMILES string of the molecule is CCOC(=O)C1CCC(NC(=O)[C@@H](N)C(C)CC)CC1. The minimum atomic E-state index is -0.442. The molecule has 116 valence electrons. The van der Waals surface area contributed by atoms with Gasteiger partial charge in [0.1, 0.15) is 0 Å². The van der Waals surface area contributed by atoms with E-state index in [0.29, 0.717) is 6.61 Å². The summed E-state index contributed by atoms with van der Waals surface area (Å²) in [5, 5.41) is 3.01. The van der Waals surface area contributed by atoms with Gasteiger partial charge in [0, 0.05) is 6.04 Å². The largest absolute Gasteiger partial charge is 0.466 e. The molecular formula is C15H28N2O3. The number of carbonyl (C=O) groups is 2. The van der Waals surface area contributed by atoms with Gasteiger partial charge in [0.25, 0.3) is 0 Å². The van der Waals surface area contributed by atoms with E-state index in [0.717, 1.165) is 32.1 Å². The van der Waals surface area contributed by atoms with Crippen LogP contribution in [0.15, 0.2) is 0 Å². The molecule has 1 saturated carbocycles. The Hall–Kier alpha value is -1.10. The predicted octanol–water partition coefficient (Wildman–Crippen LogP) is 1.60. The molecule has 20 heavy (non-hydrogen) atoms. The van der Waals surface area contributed by atoms with Crippen molar-refractivity contribution in [2.75, 3.05) is 6.61 Å². The highest BCUT2D eigenvalue weighted by molar-refractivity contribution is 5.82. The molecule has 0 aliphatic heterocycles. The second-order valence-corrected chi connectivity index (χ2v) is 5.72. The summed E-state index contributed by atoms with van der Waals surface area (Å²) in [4.78, 5) is 23.6. The lowest BCUT2D eigenvalue weighted by Crippen LogP contribution is -2.49. The number of ether oxygens (including phenoxy) is 1. The van der Waals surface area contributed by atoms with Crippen molar-refractivity contribution >= 4 is 11.9 Å². The van der Waals surface area contributed by atoms with Crippen LogP contribution in [0.25, 0.3) is 0 Å². The topological polar surface area (TPSA) is 81.4 Å². The monoisotopic (exact) mass is 284 g/mol. The normalized spacial score (nSPS) is 25.6. The summed E-state index contributed by atoms with van der Waals surface area (Å²) in [6.07, 6.45) is 4.10. The number of amides is 1. The van der Waals surface area contributed by atoms with E-state index >= 15 is 0 Å². The first-order chi connectivity index (χ1) is 9.49. The lowest BCUT2D eigenvalue weighted by atomic mass is 9.85. The third kappa shape index (κ3) is 4.78. The molecule has 1 fully saturated rings. The highest BCUT2D eigenvalue weighted by Crippen LogP contribution is 2.25. The summed E-state index contributed by atoms with van der Waals surface area (Å²) >= 11 is 0. The lowest BCUT2D eigenvalue weighted by molar-refractivity contribution is -0.149. The second-order valence-electron chi connectivity index (χ2n) is 5.72. The van der Waals surface area contributed by atoms with E-state index in [1.165, 1.54) is 0 Å². The van der Waals surface area contributed by atoms with Gasteiger partial charge in [0.15, 0.2) is 0 Å². The predicted molar refractivity (Wildman–Crippen MR) is 78.0 cm³/mol. The molecule has 0 aromatic heterocycles. The first-order valence-corrected chi connectivity index (χ1v) is 7.72. The van der Waals surface area contributed by atoms with Crippen LogP contribution in [0.3, 0.4) is 0 Å². The van der Waals surface area contributed by atoms with Gasteiger partial charge in [-0.15, -0.1) is 0 Å². The Balaban J connectivity index is 2.35. The Bertz CT molecular complexity index is 325. The molecule has 0 bridgehead atoms. The van der Waals surface area contributed by atoms with Crippen LogP contribution < -0.4 is 11.1 Å². The fraction of sp³-hybridized carbons (Fsp3) is 0.867. The molecule has 1 rings (SSSR count). The first-order valence-electron chi connectivity index (χ1n) is 7.72. The van der Waals surface area contributed by atoms with Crippen LogP contribution in [0.4, 0.5) is 0 Å². The first kappa shape index (κ1) is 17.0. The molecule has 1 amide bonds. The molecule has 5 heteroatoms. The molecule has 0 aromatic rings. The molecule has 2 atom stereocenters. The summed E-state index contributed by atoms with van der Waals surface area (Å²) in [5.41, 5.74) is 5.92. The van der Waals surface area contributed by atoms with E-state index in [1.54, 1.807) is 0 Å². The van der Waals surface area contributed by atoms with Crippen LogP contribution in [0, 0.1) is 11.8 Å². The van der Waals surface area contributed by atoms with Crippen LogP contribution >= 0.6 is 0 Å². The third-order valence-electron chi connectivity index (χ3n) is 4.25. The molecule has 0 heterocycles. The summed E-state index contributed by atoms with van der Waals surface area (Å²) in [7, 11) is 0. The molecule has 0 spiro atoms. The van der Waals surface area contributed by atoms with Gasteiger partial charge in [-0.1, -0.05) is 20.3 Å². The van der Waals surface area contributed by atoms with Crippen LogP contribution in [-0.4, -0.2) is 30.6 Å². The van der Waals surface area contributed by atoms with Crippen molar-refractivity contribution in [3.05, 3.63) is 0 Å². The summed E-state index contributed by atoms with van der Waals surface area (Å²) in [6.45, 7) is 6.27. The Morgan fingerprint density at radius 2 is 1.85 bits per heavy atom. The minimum absolute atomic E-state index is 0.00802. The van der Waals surface area contributed by atoms with Gasteiger partial charge in [-0.25, -0.2) is 0 Å². The maximum atomic E-state index is 12.0. The van der Waals surface area contributed by atoms with Crippen LogP contribution in [-0.2, 0) is 14.3 Å². The van der Waals surface area contributed by atoms with E-state index < -0.39 is 6.04 Å². The van der Waals surface area contributed by atoms with Crippen molar-refractivity contribution in [3.63, 3.8) is 0 Å². The van der Waals surface area contributed by atoms with Gasteiger partial charge in [-0.3, -0.25) is 9.59 Å². The van der Waals surface area contributed by atoms with Crippen molar-refractivity contribution in [1.29, 1.82) is 0 Å². The maximum Gasteiger partial charge on any atom is 0.308 e. The van der Waals surface area contributed by atoms with E-state index in [2.05, 4.69) is 5.32 Å². The molecule has 1 unspecified atom stereocenters. The Kier molecular flexibility index (Phi) is 6.99. The quantitative estimate of drug-likeness (QED) is 0.726. The van der Waals surface area contributed by atoms with Crippen LogP contribution in [0.2, 0.25) is 0 Å². The summed E-state index contributed by atoms with van der Waals surface area (Å²) < 4.78 is 5.04. The fourth-order valence-corrected chi connectivity index (χ4v) is 2.54. The van der Waals surface area contributed by atoms with Gasteiger partial charge in [-0.2, -0.15) is 0 Å². The Labute approximate surface area is 121 Å². The zero-order valence-electron chi connectivity index (χ0n) is 12.9. The molecule has 3 N–H and O–H groups in total. The number of nitrogens with one attached hydrogen (secondary N) is 1. The van der Waals surface area contributed by atoms with E-state index in [9.17, 15) is 9.59 Å².